The lowest BCUT2D eigenvalue weighted by Crippen LogP contribution is -2.22. The van der Waals surface area contributed by atoms with E-state index in [0.29, 0.717) is 12.1 Å². The Morgan fingerprint density at radius 3 is 2.56 bits per heavy atom. The molecule has 0 spiro atoms. The minimum absolute atomic E-state index is 0.0996. The number of carbonyl (C=O) groups is 1. The van der Waals surface area contributed by atoms with Gasteiger partial charge in [-0.3, -0.25) is 14.8 Å². The molecule has 0 bridgehead atoms. The second-order valence-corrected chi connectivity index (χ2v) is 8.40. The molecule has 0 aliphatic carbocycles. The van der Waals surface area contributed by atoms with E-state index in [9.17, 15) is 4.79 Å². The molecule has 0 fully saturated rings. The second kappa shape index (κ2) is 10.1. The van der Waals surface area contributed by atoms with Crippen molar-refractivity contribution < 1.29 is 4.79 Å². The highest BCUT2D eigenvalue weighted by atomic mass is 32.2. The quantitative estimate of drug-likeness (QED) is 0.389. The van der Waals surface area contributed by atoms with E-state index >= 15 is 0 Å². The molecule has 2 heterocycles. The van der Waals surface area contributed by atoms with E-state index in [2.05, 4.69) is 34.0 Å². The SMILES string of the molecule is C=C(c1ccccn1)c1ccccc1Sc1ccc(C(=O)NCc2cccnc2)cc1C. The lowest BCUT2D eigenvalue weighted by molar-refractivity contribution is 0.0950. The van der Waals surface area contributed by atoms with Gasteiger partial charge in [-0.2, -0.15) is 0 Å². The van der Waals surface area contributed by atoms with Crippen LogP contribution in [-0.4, -0.2) is 15.9 Å². The first-order chi connectivity index (χ1) is 15.6. The fourth-order valence-electron chi connectivity index (χ4n) is 3.29. The van der Waals surface area contributed by atoms with Crippen LogP contribution in [0.5, 0.6) is 0 Å². The van der Waals surface area contributed by atoms with Gasteiger partial charge in [-0.15, -0.1) is 0 Å². The molecule has 0 saturated carbocycles. The van der Waals surface area contributed by atoms with Gasteiger partial charge < -0.3 is 5.32 Å². The molecule has 4 aromatic rings. The van der Waals surface area contributed by atoms with Crippen LogP contribution in [0.3, 0.4) is 0 Å². The largest absolute Gasteiger partial charge is 0.348 e. The Kier molecular flexibility index (Phi) is 6.78. The van der Waals surface area contributed by atoms with Crippen molar-refractivity contribution >= 4 is 23.2 Å². The number of carbonyl (C=O) groups excluding carboxylic acids is 1. The van der Waals surface area contributed by atoms with Gasteiger partial charge in [-0.25, -0.2) is 0 Å². The number of pyridine rings is 2. The third-order valence-electron chi connectivity index (χ3n) is 5.02. The van der Waals surface area contributed by atoms with E-state index in [-0.39, 0.29) is 5.91 Å². The normalized spacial score (nSPS) is 10.5. The minimum atomic E-state index is -0.0996. The van der Waals surface area contributed by atoms with E-state index in [1.54, 1.807) is 30.4 Å². The molecule has 158 valence electrons. The third-order valence-corrected chi connectivity index (χ3v) is 6.27. The molecular formula is C27H23N3OS. The number of hydrogen-bond donors (Lipinski definition) is 1. The average molecular weight is 438 g/mol. The fraction of sp³-hybridized carbons (Fsp3) is 0.0741. The summed E-state index contributed by atoms with van der Waals surface area (Å²) in [6.45, 7) is 6.74. The number of aryl methyl sites for hydroxylation is 1. The van der Waals surface area contributed by atoms with Gasteiger partial charge in [0.25, 0.3) is 5.91 Å². The summed E-state index contributed by atoms with van der Waals surface area (Å²) in [5, 5.41) is 2.95. The maximum Gasteiger partial charge on any atom is 0.251 e. The van der Waals surface area contributed by atoms with Crippen molar-refractivity contribution in [3.63, 3.8) is 0 Å². The number of amides is 1. The van der Waals surface area contributed by atoms with Crippen molar-refractivity contribution in [1.29, 1.82) is 0 Å². The predicted octanol–water partition coefficient (Wildman–Crippen LogP) is 5.93. The van der Waals surface area contributed by atoms with Gasteiger partial charge >= 0.3 is 0 Å². The predicted molar refractivity (Wildman–Crippen MR) is 130 cm³/mol. The zero-order chi connectivity index (χ0) is 22.3. The summed E-state index contributed by atoms with van der Waals surface area (Å²) in [5.41, 5.74) is 5.45. The van der Waals surface area contributed by atoms with Crippen LogP contribution < -0.4 is 5.32 Å². The molecule has 0 saturated heterocycles. The van der Waals surface area contributed by atoms with Gasteiger partial charge in [0.05, 0.1) is 5.69 Å². The van der Waals surface area contributed by atoms with Gasteiger partial charge in [-0.05, 0) is 66.1 Å². The number of benzene rings is 2. The number of nitrogens with zero attached hydrogens (tertiary/aromatic N) is 2. The molecule has 2 aromatic heterocycles. The summed E-state index contributed by atoms with van der Waals surface area (Å²) in [6, 6.07) is 23.6. The maximum atomic E-state index is 12.6. The van der Waals surface area contributed by atoms with Crippen LogP contribution in [0.15, 0.2) is 108 Å². The lowest BCUT2D eigenvalue weighted by atomic mass is 10.0. The van der Waals surface area contributed by atoms with Gasteiger partial charge in [0.1, 0.15) is 0 Å². The summed E-state index contributed by atoms with van der Waals surface area (Å²) >= 11 is 1.67. The molecule has 5 heteroatoms. The summed E-state index contributed by atoms with van der Waals surface area (Å²) in [5.74, 6) is -0.0996. The molecular weight excluding hydrogens is 414 g/mol. The monoisotopic (exact) mass is 437 g/mol. The summed E-state index contributed by atoms with van der Waals surface area (Å²) in [6.07, 6.45) is 5.24. The van der Waals surface area contributed by atoms with Gasteiger partial charge in [0, 0.05) is 46.1 Å². The van der Waals surface area contributed by atoms with E-state index in [4.69, 9.17) is 0 Å². The number of aromatic nitrogens is 2. The van der Waals surface area contributed by atoms with E-state index in [0.717, 1.165) is 37.7 Å². The summed E-state index contributed by atoms with van der Waals surface area (Å²) in [7, 11) is 0. The first-order valence-corrected chi connectivity index (χ1v) is 11.1. The topological polar surface area (TPSA) is 54.9 Å². The molecule has 32 heavy (non-hydrogen) atoms. The summed E-state index contributed by atoms with van der Waals surface area (Å²) in [4.78, 5) is 23.3. The van der Waals surface area contributed by atoms with Crippen LogP contribution >= 0.6 is 11.8 Å². The van der Waals surface area contributed by atoms with E-state index < -0.39 is 0 Å². The molecule has 2 aromatic carbocycles. The molecule has 0 aliphatic heterocycles. The Hall–Kier alpha value is -3.70. The molecule has 0 aliphatic rings. The Labute approximate surface area is 192 Å². The van der Waals surface area contributed by atoms with Crippen molar-refractivity contribution in [2.75, 3.05) is 0 Å². The van der Waals surface area contributed by atoms with Crippen molar-refractivity contribution in [1.82, 2.24) is 15.3 Å². The lowest BCUT2D eigenvalue weighted by Gasteiger charge is -2.13. The first kappa shape index (κ1) is 21.5. The van der Waals surface area contributed by atoms with E-state index in [1.807, 2.05) is 67.6 Å². The second-order valence-electron chi connectivity index (χ2n) is 7.32. The average Bonchev–Trinajstić information content (AvgIpc) is 2.85. The first-order valence-electron chi connectivity index (χ1n) is 10.3. The van der Waals surface area contributed by atoms with Crippen molar-refractivity contribution in [2.24, 2.45) is 0 Å². The van der Waals surface area contributed by atoms with Crippen LogP contribution in [0.25, 0.3) is 5.57 Å². The van der Waals surface area contributed by atoms with Gasteiger partial charge in [-0.1, -0.05) is 48.7 Å². The third kappa shape index (κ3) is 5.13. The Balaban J connectivity index is 1.50. The van der Waals surface area contributed by atoms with Crippen LogP contribution in [0.2, 0.25) is 0 Å². The highest BCUT2D eigenvalue weighted by molar-refractivity contribution is 7.99. The van der Waals surface area contributed by atoms with Gasteiger partial charge in [0.15, 0.2) is 0 Å². The van der Waals surface area contributed by atoms with Crippen molar-refractivity contribution in [3.8, 4) is 0 Å². The summed E-state index contributed by atoms with van der Waals surface area (Å²) < 4.78 is 0. The molecule has 1 N–H and O–H groups in total. The fourth-order valence-corrected chi connectivity index (χ4v) is 4.34. The van der Waals surface area contributed by atoms with Crippen LogP contribution in [0, 0.1) is 6.92 Å². The molecule has 4 rings (SSSR count). The Morgan fingerprint density at radius 2 is 1.81 bits per heavy atom. The Bertz CT molecular complexity index is 1240. The highest BCUT2D eigenvalue weighted by Gasteiger charge is 2.13. The van der Waals surface area contributed by atoms with Crippen LogP contribution in [0.4, 0.5) is 0 Å². The molecule has 0 radical (unpaired) electrons. The van der Waals surface area contributed by atoms with Crippen LogP contribution in [0.1, 0.15) is 32.7 Å². The zero-order valence-electron chi connectivity index (χ0n) is 17.8. The standard InChI is InChI=1S/C27H23N3OS/c1-19-16-22(27(31)30-18-21-8-7-14-28-17-21)12-13-25(19)32-26-11-4-3-9-23(26)20(2)24-10-5-6-15-29-24/h3-17H,2,18H2,1H3,(H,30,31). The molecule has 4 nitrogen and oxygen atoms in total. The molecule has 1 amide bonds. The maximum absolute atomic E-state index is 12.6. The number of hydrogen-bond acceptors (Lipinski definition) is 4. The Morgan fingerprint density at radius 1 is 0.969 bits per heavy atom. The molecule has 0 unspecified atom stereocenters. The van der Waals surface area contributed by atoms with E-state index in [1.165, 1.54) is 0 Å². The van der Waals surface area contributed by atoms with Crippen molar-refractivity contribution in [3.05, 3.63) is 126 Å². The minimum Gasteiger partial charge on any atom is -0.348 e. The van der Waals surface area contributed by atoms with Crippen molar-refractivity contribution in [2.45, 2.75) is 23.3 Å². The number of nitrogens with one attached hydrogen (secondary N) is 1. The number of rotatable bonds is 7. The molecule has 0 atom stereocenters. The smallest absolute Gasteiger partial charge is 0.251 e. The van der Waals surface area contributed by atoms with Crippen LogP contribution in [-0.2, 0) is 6.54 Å². The zero-order valence-corrected chi connectivity index (χ0v) is 18.6. The highest BCUT2D eigenvalue weighted by Crippen LogP contribution is 2.36. The van der Waals surface area contributed by atoms with Gasteiger partial charge in [0.2, 0.25) is 0 Å².